The first-order chi connectivity index (χ1) is 19.0. The van der Waals surface area contributed by atoms with Gasteiger partial charge in [-0.3, -0.25) is 9.59 Å². The second-order valence-electron chi connectivity index (χ2n) is 9.86. The molecule has 8 nitrogen and oxygen atoms in total. The van der Waals surface area contributed by atoms with Crippen molar-refractivity contribution in [3.05, 3.63) is 84.0 Å². The van der Waals surface area contributed by atoms with Crippen molar-refractivity contribution < 1.29 is 29.3 Å². The lowest BCUT2D eigenvalue weighted by molar-refractivity contribution is -0.137. The summed E-state index contributed by atoms with van der Waals surface area (Å²) in [6, 6.07) is 14.3. The van der Waals surface area contributed by atoms with Gasteiger partial charge in [0.15, 0.2) is 0 Å². The van der Waals surface area contributed by atoms with Gasteiger partial charge in [0.05, 0.1) is 25.7 Å². The van der Waals surface area contributed by atoms with Crippen LogP contribution in [0.1, 0.15) is 42.7 Å². The number of nitrogens with zero attached hydrogens (tertiary/aromatic N) is 1. The summed E-state index contributed by atoms with van der Waals surface area (Å²) < 4.78 is 11.7. The highest BCUT2D eigenvalue weighted by Crippen LogP contribution is 2.47. The van der Waals surface area contributed by atoms with Crippen LogP contribution in [0, 0.1) is 0 Å². The summed E-state index contributed by atoms with van der Waals surface area (Å²) in [5.41, 5.74) is 2.19. The molecule has 0 fully saturated rings. The molecule has 1 aliphatic heterocycles. The lowest BCUT2D eigenvalue weighted by Gasteiger charge is -2.41. The first-order valence-electron chi connectivity index (χ1n) is 13.6. The molecule has 0 spiro atoms. The molecule has 4 rings (SSSR count). The van der Waals surface area contributed by atoms with Crippen molar-refractivity contribution in [2.45, 2.75) is 56.3 Å². The zero-order valence-electron chi connectivity index (χ0n) is 22.4. The fraction of sp³-hybridized carbons (Fsp3) is 0.419. The molecule has 4 atom stereocenters. The molecule has 3 N–H and O–H groups in total. The summed E-state index contributed by atoms with van der Waals surface area (Å²) in [4.78, 5) is 28.6. The number of hydrogen-bond acceptors (Lipinski definition) is 6. The zero-order valence-corrected chi connectivity index (χ0v) is 22.4. The Labute approximate surface area is 229 Å². The van der Waals surface area contributed by atoms with Gasteiger partial charge < -0.3 is 29.9 Å². The second kappa shape index (κ2) is 13.4. The van der Waals surface area contributed by atoms with Gasteiger partial charge in [-0.25, -0.2) is 0 Å². The molecular formula is C31H38N2O6. The Balaban J connectivity index is 1.68. The molecule has 0 bridgehead atoms. The molecule has 0 aromatic heterocycles. The average Bonchev–Trinajstić information content (AvgIpc) is 3.35. The lowest BCUT2D eigenvalue weighted by Crippen LogP contribution is -2.56. The molecule has 2 aromatic rings. The van der Waals surface area contributed by atoms with Crippen molar-refractivity contribution in [1.82, 2.24) is 10.2 Å². The Bertz CT molecular complexity index is 1200. The molecule has 4 unspecified atom stereocenters. The molecule has 2 aromatic carbocycles. The van der Waals surface area contributed by atoms with Crippen molar-refractivity contribution in [3.8, 4) is 11.5 Å². The summed E-state index contributed by atoms with van der Waals surface area (Å²) in [7, 11) is 1.61. The molecule has 208 valence electrons. The molecule has 8 heteroatoms. The number of aliphatic hydroxyl groups is 2. The number of ether oxygens (including phenoxy) is 2. The summed E-state index contributed by atoms with van der Waals surface area (Å²) in [6.07, 6.45) is 4.97. The van der Waals surface area contributed by atoms with Crippen LogP contribution in [-0.2, 0) is 16.0 Å². The van der Waals surface area contributed by atoms with Crippen LogP contribution in [0.5, 0.6) is 11.5 Å². The van der Waals surface area contributed by atoms with E-state index in [0.717, 1.165) is 29.7 Å². The number of amides is 2. The van der Waals surface area contributed by atoms with Gasteiger partial charge in [-0.15, -0.1) is 6.58 Å². The van der Waals surface area contributed by atoms with E-state index in [4.69, 9.17) is 9.47 Å². The smallest absolute Gasteiger partial charge is 0.247 e. The van der Waals surface area contributed by atoms with Crippen molar-refractivity contribution in [1.29, 1.82) is 0 Å². The molecule has 39 heavy (non-hydrogen) atoms. The Morgan fingerprint density at radius 2 is 1.92 bits per heavy atom. The van der Waals surface area contributed by atoms with Crippen molar-refractivity contribution in [3.63, 3.8) is 0 Å². The number of unbranched alkanes of at least 4 members (excludes halogenated alkanes) is 2. The van der Waals surface area contributed by atoms with Gasteiger partial charge in [0.1, 0.15) is 23.7 Å². The second-order valence-corrected chi connectivity index (χ2v) is 9.86. The maximum atomic E-state index is 13.6. The van der Waals surface area contributed by atoms with E-state index >= 15 is 0 Å². The van der Waals surface area contributed by atoms with Crippen LogP contribution in [0.3, 0.4) is 0 Å². The molecule has 2 aliphatic rings. The van der Waals surface area contributed by atoms with Gasteiger partial charge in [0, 0.05) is 30.6 Å². The maximum absolute atomic E-state index is 13.6. The van der Waals surface area contributed by atoms with Crippen LogP contribution in [0.2, 0.25) is 0 Å². The quantitative estimate of drug-likeness (QED) is 0.269. The minimum absolute atomic E-state index is 0.0988. The van der Waals surface area contributed by atoms with Crippen LogP contribution in [-0.4, -0.2) is 72.0 Å². The first-order valence-corrected chi connectivity index (χ1v) is 13.6. The summed E-state index contributed by atoms with van der Waals surface area (Å²) >= 11 is 0. The largest absolute Gasteiger partial charge is 0.496 e. The number of para-hydroxylation sites is 2. The first kappa shape index (κ1) is 28.4. The molecule has 1 aliphatic carbocycles. The Hall–Kier alpha value is -3.62. The number of rotatable bonds is 13. The van der Waals surface area contributed by atoms with E-state index < -0.39 is 24.2 Å². The third-order valence-corrected chi connectivity index (χ3v) is 7.42. The third kappa shape index (κ3) is 6.34. The monoisotopic (exact) mass is 534 g/mol. The number of carbonyl (C=O) groups is 2. The van der Waals surface area contributed by atoms with E-state index in [2.05, 4.69) is 11.9 Å². The van der Waals surface area contributed by atoms with E-state index in [1.807, 2.05) is 54.6 Å². The van der Waals surface area contributed by atoms with Crippen LogP contribution in [0.4, 0.5) is 0 Å². The normalized spacial score (nSPS) is 21.2. The van der Waals surface area contributed by atoms with E-state index in [1.54, 1.807) is 18.1 Å². The standard InChI is InChI=1S/C31H38N2O6/c1-3-4-5-6-15-27(35)33(18-16-21-11-7-9-13-25(21)38-2)24-20-23(31(37)32-17-19-34)28-22-12-8-10-14-26(22)39-30(28)29(24)36/h3,7-14,20,24,28-30,34,36H,1,4-6,15-19H2,2H3,(H,32,37). The minimum Gasteiger partial charge on any atom is -0.496 e. The van der Waals surface area contributed by atoms with Gasteiger partial charge in [-0.1, -0.05) is 42.5 Å². The van der Waals surface area contributed by atoms with Crippen LogP contribution in [0.25, 0.3) is 0 Å². The highest BCUT2D eigenvalue weighted by molar-refractivity contribution is 5.96. The van der Waals surface area contributed by atoms with Crippen LogP contribution >= 0.6 is 0 Å². The van der Waals surface area contributed by atoms with Crippen LogP contribution < -0.4 is 14.8 Å². The highest BCUT2D eigenvalue weighted by atomic mass is 16.5. The van der Waals surface area contributed by atoms with Gasteiger partial charge in [0.2, 0.25) is 11.8 Å². The van der Waals surface area contributed by atoms with Gasteiger partial charge in [-0.05, 0) is 49.5 Å². The van der Waals surface area contributed by atoms with Crippen LogP contribution in [0.15, 0.2) is 72.8 Å². The number of hydrogen-bond donors (Lipinski definition) is 3. The predicted molar refractivity (Wildman–Crippen MR) is 149 cm³/mol. The predicted octanol–water partition coefficient (Wildman–Crippen LogP) is 3.14. The van der Waals surface area contributed by atoms with E-state index in [0.29, 0.717) is 37.1 Å². The van der Waals surface area contributed by atoms with E-state index in [9.17, 15) is 19.8 Å². The average molecular weight is 535 g/mol. The molecule has 1 heterocycles. The Morgan fingerprint density at radius 1 is 1.15 bits per heavy atom. The number of fused-ring (bicyclic) bond motifs is 3. The fourth-order valence-electron chi connectivity index (χ4n) is 5.49. The Kier molecular flexibility index (Phi) is 9.79. The summed E-state index contributed by atoms with van der Waals surface area (Å²) in [5.74, 6) is 0.418. The van der Waals surface area contributed by atoms with Crippen molar-refractivity contribution in [2.75, 3.05) is 26.8 Å². The van der Waals surface area contributed by atoms with Gasteiger partial charge in [-0.2, -0.15) is 0 Å². The highest BCUT2D eigenvalue weighted by Gasteiger charge is 2.50. The number of methoxy groups -OCH3 is 1. The topological polar surface area (TPSA) is 108 Å². The minimum atomic E-state index is -1.05. The summed E-state index contributed by atoms with van der Waals surface area (Å²) in [6.45, 7) is 3.99. The number of allylic oxidation sites excluding steroid dienone is 1. The number of nitrogens with one attached hydrogen (secondary N) is 1. The van der Waals surface area contributed by atoms with Crippen molar-refractivity contribution in [2.24, 2.45) is 0 Å². The SMILES string of the molecule is C=CCCCCC(=O)N(CCc1ccccc1OC)C1C=C(C(=O)NCCO)C2c3ccccc3OC2C1O. The molecule has 0 saturated carbocycles. The maximum Gasteiger partial charge on any atom is 0.247 e. The number of carbonyl (C=O) groups excluding carboxylic acids is 2. The number of aliphatic hydroxyl groups excluding tert-OH is 2. The van der Waals surface area contributed by atoms with Crippen molar-refractivity contribution >= 4 is 11.8 Å². The molecular weight excluding hydrogens is 496 g/mol. The van der Waals surface area contributed by atoms with E-state index in [1.165, 1.54) is 0 Å². The zero-order chi connectivity index (χ0) is 27.8. The molecule has 0 saturated heterocycles. The molecule has 0 radical (unpaired) electrons. The van der Waals surface area contributed by atoms with E-state index in [-0.39, 0.29) is 25.0 Å². The third-order valence-electron chi connectivity index (χ3n) is 7.42. The summed E-state index contributed by atoms with van der Waals surface area (Å²) in [5, 5.41) is 23.7. The number of benzene rings is 2. The molecule has 2 amide bonds. The Morgan fingerprint density at radius 3 is 2.69 bits per heavy atom. The fourth-order valence-corrected chi connectivity index (χ4v) is 5.49. The lowest BCUT2D eigenvalue weighted by atomic mass is 9.77. The van der Waals surface area contributed by atoms with Gasteiger partial charge in [0.25, 0.3) is 0 Å². The van der Waals surface area contributed by atoms with Gasteiger partial charge >= 0.3 is 0 Å².